The molecule has 3 N–H and O–H groups in total. The Morgan fingerprint density at radius 1 is 1.03 bits per heavy atom. The van der Waals surface area contributed by atoms with Crippen molar-refractivity contribution in [1.29, 1.82) is 0 Å². The number of hydrogen-bond donors (Lipinski definition) is 2. The Kier molecular flexibility index (Phi) is 11.6. The predicted molar refractivity (Wildman–Crippen MR) is 137 cm³/mol. The number of aryl methyl sites for hydroxylation is 2. The molecule has 0 saturated heterocycles. The van der Waals surface area contributed by atoms with E-state index in [1.54, 1.807) is 7.11 Å². The summed E-state index contributed by atoms with van der Waals surface area (Å²) in [5, 5.41) is 3.14. The third-order valence-electron chi connectivity index (χ3n) is 5.00. The first-order valence-electron chi connectivity index (χ1n) is 10.1. The van der Waals surface area contributed by atoms with E-state index < -0.39 is 0 Å². The first kappa shape index (κ1) is 26.0. The van der Waals surface area contributed by atoms with Gasteiger partial charge in [-0.15, -0.1) is 24.0 Å². The number of benzene rings is 2. The van der Waals surface area contributed by atoms with Gasteiger partial charge in [0.15, 0.2) is 17.5 Å². The van der Waals surface area contributed by atoms with Crippen LogP contribution in [0.5, 0.6) is 11.5 Å². The van der Waals surface area contributed by atoms with Crippen molar-refractivity contribution in [2.24, 2.45) is 10.7 Å². The minimum absolute atomic E-state index is 0. The number of ether oxygens (including phenoxy) is 2. The van der Waals surface area contributed by atoms with Crippen molar-refractivity contribution in [3.63, 3.8) is 0 Å². The zero-order valence-corrected chi connectivity index (χ0v) is 21.0. The van der Waals surface area contributed by atoms with Crippen LogP contribution in [0.15, 0.2) is 41.4 Å². The molecule has 6 nitrogen and oxygen atoms in total. The van der Waals surface area contributed by atoms with Gasteiger partial charge in [0.2, 0.25) is 0 Å². The van der Waals surface area contributed by atoms with E-state index in [4.69, 9.17) is 15.2 Å². The highest BCUT2D eigenvalue weighted by molar-refractivity contribution is 14.0. The quantitative estimate of drug-likeness (QED) is 0.270. The van der Waals surface area contributed by atoms with E-state index in [2.05, 4.69) is 55.0 Å². The molecule has 0 spiro atoms. The fourth-order valence-corrected chi connectivity index (χ4v) is 2.94. The Balaban J connectivity index is 0.00000450. The second-order valence-electron chi connectivity index (χ2n) is 6.99. The summed E-state index contributed by atoms with van der Waals surface area (Å²) in [5.74, 6) is 1.83. The van der Waals surface area contributed by atoms with Crippen LogP contribution in [0.2, 0.25) is 0 Å². The van der Waals surface area contributed by atoms with Gasteiger partial charge in [-0.05, 0) is 67.9 Å². The van der Waals surface area contributed by atoms with Crippen LogP contribution in [0, 0.1) is 13.8 Å². The smallest absolute Gasteiger partial charge is 0.193 e. The summed E-state index contributed by atoms with van der Waals surface area (Å²) >= 11 is 0. The van der Waals surface area contributed by atoms with E-state index in [9.17, 15) is 0 Å². The van der Waals surface area contributed by atoms with Gasteiger partial charge in [-0.25, -0.2) is 4.99 Å². The molecular weight excluding hydrogens is 491 g/mol. The Labute approximate surface area is 197 Å². The highest BCUT2D eigenvalue weighted by Crippen LogP contribution is 2.28. The number of halogens is 1. The number of nitrogens with two attached hydrogens (primary N) is 1. The Morgan fingerprint density at radius 3 is 2.40 bits per heavy atom. The van der Waals surface area contributed by atoms with Crippen LogP contribution in [-0.2, 0) is 6.54 Å². The van der Waals surface area contributed by atoms with E-state index in [-0.39, 0.29) is 24.0 Å². The first-order chi connectivity index (χ1) is 14.0. The minimum atomic E-state index is 0. The van der Waals surface area contributed by atoms with Crippen molar-refractivity contribution in [3.8, 4) is 11.5 Å². The van der Waals surface area contributed by atoms with Crippen LogP contribution >= 0.6 is 24.0 Å². The number of methoxy groups -OCH3 is 1. The molecule has 0 saturated carbocycles. The monoisotopic (exact) mass is 526 g/mol. The summed E-state index contributed by atoms with van der Waals surface area (Å²) in [6.45, 7) is 12.5. The highest BCUT2D eigenvalue weighted by atomic mass is 127. The number of likely N-dealkylation sites (N-methyl/N-ethyl adjacent to an activating group) is 1. The zero-order chi connectivity index (χ0) is 21.2. The summed E-state index contributed by atoms with van der Waals surface area (Å²) in [6, 6.07) is 12.0. The maximum Gasteiger partial charge on any atom is 0.193 e. The average molecular weight is 526 g/mol. The fraction of sp³-hybridized carbons (Fsp3) is 0.435. The second kappa shape index (κ2) is 13.3. The molecule has 0 aliphatic carbocycles. The maximum atomic E-state index is 6.04. The molecule has 7 heteroatoms. The first-order valence-corrected chi connectivity index (χ1v) is 10.1. The molecule has 0 radical (unpaired) electrons. The van der Waals surface area contributed by atoms with Gasteiger partial charge in [-0.1, -0.05) is 26.0 Å². The molecule has 0 unspecified atom stereocenters. The number of guanidine groups is 1. The Hall–Kier alpha value is -2.00. The molecule has 0 amide bonds. The molecule has 0 heterocycles. The van der Waals surface area contributed by atoms with E-state index in [0.29, 0.717) is 24.9 Å². The molecular formula is C23H35IN4O2. The molecule has 0 aliphatic heterocycles. The maximum absolute atomic E-state index is 6.04. The second-order valence-corrected chi connectivity index (χ2v) is 6.99. The summed E-state index contributed by atoms with van der Waals surface area (Å²) in [7, 11) is 1.65. The van der Waals surface area contributed by atoms with Gasteiger partial charge >= 0.3 is 0 Å². The topological polar surface area (TPSA) is 72.1 Å². The zero-order valence-electron chi connectivity index (χ0n) is 18.7. The number of nitrogens with zero attached hydrogens (tertiary/aromatic N) is 2. The lowest BCUT2D eigenvalue weighted by atomic mass is 10.1. The van der Waals surface area contributed by atoms with Crippen LogP contribution in [0.4, 0.5) is 5.69 Å². The van der Waals surface area contributed by atoms with Gasteiger partial charge in [0, 0.05) is 12.2 Å². The van der Waals surface area contributed by atoms with Gasteiger partial charge in [0.25, 0.3) is 0 Å². The molecule has 2 aromatic rings. The van der Waals surface area contributed by atoms with Gasteiger partial charge in [0.05, 0.1) is 13.7 Å². The van der Waals surface area contributed by atoms with Crippen LogP contribution in [0.1, 0.15) is 30.5 Å². The number of anilines is 1. The van der Waals surface area contributed by atoms with Gasteiger partial charge in [-0.3, -0.25) is 0 Å². The van der Waals surface area contributed by atoms with Gasteiger partial charge in [-0.2, -0.15) is 0 Å². The van der Waals surface area contributed by atoms with Crippen LogP contribution in [0.3, 0.4) is 0 Å². The van der Waals surface area contributed by atoms with Gasteiger partial charge in [0.1, 0.15) is 6.61 Å². The summed E-state index contributed by atoms with van der Waals surface area (Å²) in [6.07, 6.45) is 0. The van der Waals surface area contributed by atoms with Gasteiger partial charge < -0.3 is 25.4 Å². The van der Waals surface area contributed by atoms with E-state index in [0.717, 1.165) is 36.6 Å². The SMILES string of the molecule is CCN(CC)CCOc1ccc(CN=C(N)Nc2ccc(C)c(C)c2)cc1OC.I. The molecule has 0 atom stereocenters. The van der Waals surface area contributed by atoms with Crippen molar-refractivity contribution < 1.29 is 9.47 Å². The third kappa shape index (κ3) is 8.02. The van der Waals surface area contributed by atoms with Crippen molar-refractivity contribution >= 4 is 35.6 Å². The number of nitrogens with one attached hydrogen (secondary N) is 1. The average Bonchev–Trinajstić information content (AvgIpc) is 2.73. The molecule has 0 aromatic heterocycles. The lowest BCUT2D eigenvalue weighted by Gasteiger charge is -2.18. The molecule has 2 aromatic carbocycles. The van der Waals surface area contributed by atoms with E-state index >= 15 is 0 Å². The lowest BCUT2D eigenvalue weighted by molar-refractivity contribution is 0.217. The van der Waals surface area contributed by atoms with E-state index in [1.807, 2.05) is 24.3 Å². The Bertz CT molecular complexity index is 823. The molecule has 0 fully saturated rings. The highest BCUT2D eigenvalue weighted by Gasteiger charge is 2.07. The number of rotatable bonds is 10. The van der Waals surface area contributed by atoms with Crippen molar-refractivity contribution in [2.75, 3.05) is 38.7 Å². The molecule has 30 heavy (non-hydrogen) atoms. The number of aliphatic imine (C=N–C) groups is 1. The van der Waals surface area contributed by atoms with Crippen molar-refractivity contribution in [3.05, 3.63) is 53.1 Å². The molecule has 0 aliphatic rings. The van der Waals surface area contributed by atoms with Crippen LogP contribution in [0.25, 0.3) is 0 Å². The Morgan fingerprint density at radius 2 is 1.77 bits per heavy atom. The molecule has 0 bridgehead atoms. The fourth-order valence-electron chi connectivity index (χ4n) is 2.94. The third-order valence-corrected chi connectivity index (χ3v) is 5.00. The summed E-state index contributed by atoms with van der Waals surface area (Å²) < 4.78 is 11.4. The minimum Gasteiger partial charge on any atom is -0.493 e. The lowest BCUT2D eigenvalue weighted by Crippen LogP contribution is -2.27. The molecule has 2 rings (SSSR count). The predicted octanol–water partition coefficient (Wildman–Crippen LogP) is 4.58. The normalized spacial score (nSPS) is 11.2. The van der Waals surface area contributed by atoms with Crippen LogP contribution in [-0.4, -0.2) is 44.2 Å². The summed E-state index contributed by atoms with van der Waals surface area (Å²) in [5.41, 5.74) is 10.4. The molecule has 166 valence electrons. The van der Waals surface area contributed by atoms with E-state index in [1.165, 1.54) is 11.1 Å². The van der Waals surface area contributed by atoms with Crippen molar-refractivity contribution in [1.82, 2.24) is 4.90 Å². The standard InChI is InChI=1S/C23H34N4O2.HI/c1-6-27(7-2)12-13-29-21-11-9-19(15-22(21)28-5)16-25-23(24)26-20-10-8-17(3)18(4)14-20;/h8-11,14-15H,6-7,12-13,16H2,1-5H3,(H3,24,25,26);1H. The number of hydrogen-bond acceptors (Lipinski definition) is 4. The largest absolute Gasteiger partial charge is 0.493 e. The summed E-state index contributed by atoms with van der Waals surface area (Å²) in [4.78, 5) is 6.75. The van der Waals surface area contributed by atoms with Crippen LogP contribution < -0.4 is 20.5 Å². The van der Waals surface area contributed by atoms with Crippen molar-refractivity contribution in [2.45, 2.75) is 34.2 Å².